The number of nitrogens with one attached hydrogen (secondary N) is 1. The van der Waals surface area contributed by atoms with Gasteiger partial charge in [0.15, 0.2) is 0 Å². The molecule has 0 atom stereocenters. The lowest BCUT2D eigenvalue weighted by molar-refractivity contribution is -0.115. The summed E-state index contributed by atoms with van der Waals surface area (Å²) in [5.41, 5.74) is 2.24. The number of carbonyl (C=O) groups excluding carboxylic acids is 1. The van der Waals surface area contributed by atoms with E-state index in [1.807, 2.05) is 24.3 Å². The van der Waals surface area contributed by atoms with Crippen LogP contribution in [-0.4, -0.2) is 31.8 Å². The summed E-state index contributed by atoms with van der Waals surface area (Å²) in [4.78, 5) is 11.7. The topological polar surface area (TPSA) is 75.7 Å². The molecular formula is C17H16N2O4S. The Bertz CT molecular complexity index is 924. The number of ether oxygens (including phenoxy) is 1. The minimum absolute atomic E-state index is 0.114. The van der Waals surface area contributed by atoms with E-state index < -0.39 is 10.0 Å². The van der Waals surface area contributed by atoms with Crippen LogP contribution in [0.5, 0.6) is 5.75 Å². The number of sulfonamides is 1. The number of nitrogens with zero attached hydrogens (tertiary/aromatic N) is 1. The fourth-order valence-corrected chi connectivity index (χ4v) is 4.48. The lowest BCUT2D eigenvalue weighted by Gasteiger charge is -2.20. The van der Waals surface area contributed by atoms with Gasteiger partial charge in [-0.3, -0.25) is 4.79 Å². The Balaban J connectivity index is 1.68. The van der Waals surface area contributed by atoms with Crippen LogP contribution in [0.2, 0.25) is 0 Å². The van der Waals surface area contributed by atoms with Gasteiger partial charge in [0.2, 0.25) is 15.9 Å². The summed E-state index contributed by atoms with van der Waals surface area (Å²) in [7, 11) is -3.65. The number of rotatable bonds is 2. The summed E-state index contributed by atoms with van der Waals surface area (Å²) in [5.74, 6) is 0.607. The van der Waals surface area contributed by atoms with E-state index in [-0.39, 0.29) is 30.3 Å². The number of para-hydroxylation sites is 1. The summed E-state index contributed by atoms with van der Waals surface area (Å²) in [5, 5.41) is 2.71. The highest BCUT2D eigenvalue weighted by Gasteiger charge is 2.29. The number of fused-ring (bicyclic) bond motifs is 2. The third kappa shape index (κ3) is 2.55. The van der Waals surface area contributed by atoms with E-state index in [1.165, 1.54) is 10.4 Å². The SMILES string of the molecule is O=C1Cc2cc(S(=O)(=O)N3CCOc4ccccc4C3)ccc2N1. The maximum atomic E-state index is 13.0. The van der Waals surface area contributed by atoms with E-state index >= 15 is 0 Å². The maximum Gasteiger partial charge on any atom is 0.243 e. The molecule has 4 rings (SSSR count). The molecule has 0 aromatic heterocycles. The molecule has 0 radical (unpaired) electrons. The second-order valence-electron chi connectivity index (χ2n) is 5.84. The first-order valence-corrected chi connectivity index (χ1v) is 9.12. The van der Waals surface area contributed by atoms with Crippen LogP contribution in [0.15, 0.2) is 47.4 Å². The van der Waals surface area contributed by atoms with Gasteiger partial charge in [-0.2, -0.15) is 4.31 Å². The zero-order valence-electron chi connectivity index (χ0n) is 12.9. The van der Waals surface area contributed by atoms with Crippen molar-refractivity contribution in [1.29, 1.82) is 0 Å². The standard InChI is InChI=1S/C17H16N2O4S/c20-17-10-13-9-14(5-6-15(13)18-17)24(21,22)19-7-8-23-16-4-2-1-3-12(16)11-19/h1-6,9H,7-8,10-11H2,(H,18,20). The molecule has 2 aromatic carbocycles. The summed E-state index contributed by atoms with van der Waals surface area (Å²) >= 11 is 0. The van der Waals surface area contributed by atoms with Gasteiger partial charge in [-0.25, -0.2) is 8.42 Å². The number of carbonyl (C=O) groups is 1. The van der Waals surface area contributed by atoms with Crippen LogP contribution >= 0.6 is 0 Å². The number of hydrogen-bond donors (Lipinski definition) is 1. The van der Waals surface area contributed by atoms with Crippen LogP contribution in [0.25, 0.3) is 0 Å². The van der Waals surface area contributed by atoms with Gasteiger partial charge in [0.25, 0.3) is 0 Å². The van der Waals surface area contributed by atoms with E-state index in [4.69, 9.17) is 4.74 Å². The van der Waals surface area contributed by atoms with Crippen molar-refractivity contribution in [2.75, 3.05) is 18.5 Å². The molecule has 1 N–H and O–H groups in total. The van der Waals surface area contributed by atoms with Gasteiger partial charge < -0.3 is 10.1 Å². The Kier molecular flexibility index (Phi) is 3.54. The average molecular weight is 344 g/mol. The minimum Gasteiger partial charge on any atom is -0.492 e. The molecule has 0 saturated carbocycles. The third-order valence-electron chi connectivity index (χ3n) is 4.26. The van der Waals surface area contributed by atoms with Crippen LogP contribution in [-0.2, 0) is 27.8 Å². The molecule has 1 amide bonds. The summed E-state index contributed by atoms with van der Waals surface area (Å²) in [6, 6.07) is 12.2. The molecule has 0 aliphatic carbocycles. The zero-order valence-corrected chi connectivity index (χ0v) is 13.7. The molecule has 2 aliphatic rings. The second-order valence-corrected chi connectivity index (χ2v) is 7.78. The Hall–Kier alpha value is -2.38. The number of amides is 1. The summed E-state index contributed by atoms with van der Waals surface area (Å²) in [6.45, 7) is 0.860. The van der Waals surface area contributed by atoms with E-state index in [0.29, 0.717) is 17.9 Å². The van der Waals surface area contributed by atoms with E-state index in [9.17, 15) is 13.2 Å². The molecule has 0 bridgehead atoms. The predicted octanol–water partition coefficient (Wildman–Crippen LogP) is 1.76. The molecule has 0 saturated heterocycles. The number of hydrogen-bond acceptors (Lipinski definition) is 4. The van der Waals surface area contributed by atoms with Gasteiger partial charge >= 0.3 is 0 Å². The quantitative estimate of drug-likeness (QED) is 0.901. The summed E-state index contributed by atoms with van der Waals surface area (Å²) < 4.78 is 33.1. The average Bonchev–Trinajstić information content (AvgIpc) is 2.79. The van der Waals surface area contributed by atoms with E-state index in [0.717, 1.165) is 11.3 Å². The fourth-order valence-electron chi connectivity index (χ4n) is 3.02. The minimum atomic E-state index is -3.65. The maximum absolute atomic E-state index is 13.0. The van der Waals surface area contributed by atoms with Crippen molar-refractivity contribution in [3.63, 3.8) is 0 Å². The molecular weight excluding hydrogens is 328 g/mol. The highest BCUT2D eigenvalue weighted by Crippen LogP contribution is 2.30. The van der Waals surface area contributed by atoms with Gasteiger partial charge in [-0.05, 0) is 29.8 Å². The van der Waals surface area contributed by atoms with Crippen molar-refractivity contribution in [3.8, 4) is 5.75 Å². The van der Waals surface area contributed by atoms with Gasteiger partial charge in [0.1, 0.15) is 12.4 Å². The number of anilines is 1. The van der Waals surface area contributed by atoms with E-state index in [1.54, 1.807) is 12.1 Å². The first-order chi connectivity index (χ1) is 11.5. The van der Waals surface area contributed by atoms with E-state index in [2.05, 4.69) is 5.32 Å². The molecule has 24 heavy (non-hydrogen) atoms. The monoisotopic (exact) mass is 344 g/mol. The summed E-state index contributed by atoms with van der Waals surface area (Å²) in [6.07, 6.45) is 0.213. The Morgan fingerprint density at radius 1 is 1.08 bits per heavy atom. The number of benzene rings is 2. The molecule has 2 heterocycles. The van der Waals surface area contributed by atoms with Crippen molar-refractivity contribution >= 4 is 21.6 Å². The van der Waals surface area contributed by atoms with Crippen LogP contribution in [0.1, 0.15) is 11.1 Å². The predicted molar refractivity (Wildman–Crippen MR) is 88.3 cm³/mol. The van der Waals surface area contributed by atoms with Gasteiger partial charge in [0.05, 0.1) is 11.3 Å². The van der Waals surface area contributed by atoms with Crippen LogP contribution in [0.4, 0.5) is 5.69 Å². The van der Waals surface area contributed by atoms with Crippen molar-refractivity contribution < 1.29 is 17.9 Å². The smallest absolute Gasteiger partial charge is 0.243 e. The Morgan fingerprint density at radius 2 is 1.92 bits per heavy atom. The molecule has 0 fully saturated rings. The normalized spacial score (nSPS) is 17.4. The van der Waals surface area contributed by atoms with Crippen LogP contribution < -0.4 is 10.1 Å². The largest absolute Gasteiger partial charge is 0.492 e. The van der Waals surface area contributed by atoms with Crippen molar-refractivity contribution in [2.24, 2.45) is 0 Å². The fraction of sp³-hybridized carbons (Fsp3) is 0.235. The van der Waals surface area contributed by atoms with Crippen molar-refractivity contribution in [1.82, 2.24) is 4.31 Å². The van der Waals surface area contributed by atoms with Gasteiger partial charge in [-0.15, -0.1) is 0 Å². The first kappa shape index (κ1) is 15.2. The molecule has 7 heteroatoms. The van der Waals surface area contributed by atoms with Gasteiger partial charge in [0, 0.05) is 24.3 Å². The van der Waals surface area contributed by atoms with Crippen molar-refractivity contribution in [3.05, 3.63) is 53.6 Å². The van der Waals surface area contributed by atoms with Crippen LogP contribution in [0, 0.1) is 0 Å². The Morgan fingerprint density at radius 3 is 2.79 bits per heavy atom. The molecule has 0 unspecified atom stereocenters. The Labute approximate surface area is 140 Å². The van der Waals surface area contributed by atoms with Gasteiger partial charge in [-0.1, -0.05) is 18.2 Å². The first-order valence-electron chi connectivity index (χ1n) is 7.68. The lowest BCUT2D eigenvalue weighted by atomic mass is 10.2. The van der Waals surface area contributed by atoms with Crippen molar-refractivity contribution in [2.45, 2.75) is 17.9 Å². The molecule has 2 aromatic rings. The molecule has 124 valence electrons. The highest BCUT2D eigenvalue weighted by molar-refractivity contribution is 7.89. The zero-order chi connectivity index (χ0) is 16.7. The highest BCUT2D eigenvalue weighted by atomic mass is 32.2. The lowest BCUT2D eigenvalue weighted by Crippen LogP contribution is -2.32. The molecule has 0 spiro atoms. The van der Waals surface area contributed by atoms with Crippen LogP contribution in [0.3, 0.4) is 0 Å². The second kappa shape index (κ2) is 5.61. The molecule has 6 nitrogen and oxygen atoms in total. The molecule has 2 aliphatic heterocycles. The third-order valence-corrected chi connectivity index (χ3v) is 6.10.